The fourth-order valence-electron chi connectivity index (χ4n) is 4.72. The number of anilines is 2. The van der Waals surface area contributed by atoms with E-state index in [0.717, 1.165) is 44.5 Å². The number of nitrogens with zero attached hydrogens (tertiary/aromatic N) is 4. The van der Waals surface area contributed by atoms with Gasteiger partial charge in [-0.15, -0.1) is 0 Å². The number of aryl methyl sites for hydroxylation is 3. The smallest absolute Gasteiger partial charge is 0.321 e. The van der Waals surface area contributed by atoms with Gasteiger partial charge in [0.25, 0.3) is 0 Å². The van der Waals surface area contributed by atoms with Gasteiger partial charge in [-0.3, -0.25) is 0 Å². The lowest BCUT2D eigenvalue weighted by atomic mass is 10.0. The van der Waals surface area contributed by atoms with Gasteiger partial charge in [0, 0.05) is 60.1 Å². The summed E-state index contributed by atoms with van der Waals surface area (Å²) in [5.74, 6) is 1.65. The van der Waals surface area contributed by atoms with Crippen molar-refractivity contribution >= 4 is 29.1 Å². The Balaban J connectivity index is 1.37. The van der Waals surface area contributed by atoms with E-state index in [1.807, 2.05) is 77.7 Å². The Hall–Kier alpha value is -3.90. The van der Waals surface area contributed by atoms with Gasteiger partial charge in [-0.05, 0) is 61.7 Å². The van der Waals surface area contributed by atoms with Crippen molar-refractivity contribution in [2.75, 3.05) is 36.4 Å². The van der Waals surface area contributed by atoms with Crippen LogP contribution in [0.1, 0.15) is 27.9 Å². The zero-order valence-corrected chi connectivity index (χ0v) is 22.8. The second-order valence-corrected chi connectivity index (χ2v) is 10.2. The molecule has 5 rings (SSSR count). The zero-order chi connectivity index (χ0) is 26.6. The molecule has 1 aliphatic heterocycles. The number of hydrogen-bond donors (Lipinski definition) is 1. The van der Waals surface area contributed by atoms with E-state index in [9.17, 15) is 4.79 Å². The van der Waals surface area contributed by atoms with Crippen LogP contribution < -0.4 is 10.2 Å². The lowest BCUT2D eigenvalue weighted by molar-refractivity contribution is 0.208. The van der Waals surface area contributed by atoms with Crippen LogP contribution in [0.3, 0.4) is 0 Å². The van der Waals surface area contributed by atoms with Crippen LogP contribution in [-0.2, 0) is 6.42 Å². The van der Waals surface area contributed by atoms with Crippen LogP contribution in [0.25, 0.3) is 11.4 Å². The molecular formula is C31H32ClN5O. The highest BCUT2D eigenvalue weighted by Crippen LogP contribution is 2.29. The molecule has 7 heteroatoms. The average molecular weight is 526 g/mol. The van der Waals surface area contributed by atoms with Gasteiger partial charge in [0.2, 0.25) is 0 Å². The maximum absolute atomic E-state index is 13.0. The Labute approximate surface area is 229 Å². The lowest BCUT2D eigenvalue weighted by Crippen LogP contribution is -2.50. The third kappa shape index (κ3) is 5.81. The molecule has 0 saturated carbocycles. The van der Waals surface area contributed by atoms with Gasteiger partial charge in [-0.1, -0.05) is 60.1 Å². The first kappa shape index (κ1) is 25.7. The van der Waals surface area contributed by atoms with Gasteiger partial charge < -0.3 is 15.1 Å². The van der Waals surface area contributed by atoms with Crippen LogP contribution in [0.2, 0.25) is 5.02 Å². The third-order valence-electron chi connectivity index (χ3n) is 7.14. The highest BCUT2D eigenvalue weighted by molar-refractivity contribution is 6.30. The van der Waals surface area contributed by atoms with E-state index in [1.54, 1.807) is 0 Å². The number of rotatable bonds is 5. The van der Waals surface area contributed by atoms with Crippen LogP contribution in [0.5, 0.6) is 0 Å². The third-order valence-corrected chi connectivity index (χ3v) is 7.39. The maximum atomic E-state index is 13.0. The van der Waals surface area contributed by atoms with E-state index in [0.29, 0.717) is 38.4 Å². The molecule has 3 aromatic carbocycles. The molecule has 0 aliphatic carbocycles. The molecule has 0 radical (unpaired) electrons. The Morgan fingerprint density at radius 3 is 2.26 bits per heavy atom. The SMILES string of the molecule is Cc1ccc(NC(=O)N2CCN(c3nc(-c4ccccc4)nc(C)c3Cc3ccc(Cl)cc3)CC2)cc1C. The molecule has 0 bridgehead atoms. The van der Waals surface area contributed by atoms with Crippen LogP contribution in [0.4, 0.5) is 16.3 Å². The molecule has 1 aliphatic rings. The fraction of sp³-hybridized carbons (Fsp3) is 0.258. The van der Waals surface area contributed by atoms with Crippen molar-refractivity contribution in [3.63, 3.8) is 0 Å². The molecular weight excluding hydrogens is 494 g/mol. The first-order valence-electron chi connectivity index (χ1n) is 12.9. The predicted molar refractivity (Wildman–Crippen MR) is 155 cm³/mol. The van der Waals surface area contributed by atoms with Gasteiger partial charge in [-0.2, -0.15) is 0 Å². The number of urea groups is 1. The lowest BCUT2D eigenvalue weighted by Gasteiger charge is -2.36. The van der Waals surface area contributed by atoms with Crippen molar-refractivity contribution in [3.8, 4) is 11.4 Å². The Kier molecular flexibility index (Phi) is 7.61. The summed E-state index contributed by atoms with van der Waals surface area (Å²) in [6.07, 6.45) is 0.709. The minimum Gasteiger partial charge on any atom is -0.353 e. The van der Waals surface area contributed by atoms with E-state index in [1.165, 1.54) is 5.56 Å². The molecule has 0 unspecified atom stereocenters. The Morgan fingerprint density at radius 2 is 1.58 bits per heavy atom. The topological polar surface area (TPSA) is 61.4 Å². The first-order valence-corrected chi connectivity index (χ1v) is 13.3. The Bertz CT molecular complexity index is 1430. The van der Waals surface area contributed by atoms with Crippen molar-refractivity contribution in [3.05, 3.63) is 106 Å². The molecule has 0 atom stereocenters. The number of aromatic nitrogens is 2. The number of nitrogens with one attached hydrogen (secondary N) is 1. The standard InChI is InChI=1S/C31H32ClN5O/c1-21-9-14-27(19-22(21)2)34-31(38)37-17-15-36(16-18-37)30-28(20-24-10-12-26(32)13-11-24)23(3)33-29(35-30)25-7-5-4-6-8-25/h4-14,19H,15-18,20H2,1-3H3,(H,34,38). The average Bonchev–Trinajstić information content (AvgIpc) is 2.93. The normalized spacial score (nSPS) is 13.5. The predicted octanol–water partition coefficient (Wildman–Crippen LogP) is 6.67. The van der Waals surface area contributed by atoms with E-state index in [4.69, 9.17) is 21.6 Å². The molecule has 6 nitrogen and oxygen atoms in total. The van der Waals surface area contributed by atoms with Crippen LogP contribution in [0, 0.1) is 20.8 Å². The molecule has 4 aromatic rings. The van der Waals surface area contributed by atoms with Crippen molar-refractivity contribution in [1.82, 2.24) is 14.9 Å². The zero-order valence-electron chi connectivity index (χ0n) is 22.0. The van der Waals surface area contributed by atoms with Gasteiger partial charge >= 0.3 is 6.03 Å². The Morgan fingerprint density at radius 1 is 0.868 bits per heavy atom. The number of piperazine rings is 1. The highest BCUT2D eigenvalue weighted by atomic mass is 35.5. The van der Waals surface area contributed by atoms with Crippen molar-refractivity contribution in [2.45, 2.75) is 27.2 Å². The van der Waals surface area contributed by atoms with Crippen molar-refractivity contribution < 1.29 is 4.79 Å². The highest BCUT2D eigenvalue weighted by Gasteiger charge is 2.25. The first-order chi connectivity index (χ1) is 18.4. The quantitative estimate of drug-likeness (QED) is 0.316. The summed E-state index contributed by atoms with van der Waals surface area (Å²) in [4.78, 5) is 27.1. The van der Waals surface area contributed by atoms with Gasteiger partial charge in [0.15, 0.2) is 5.82 Å². The number of benzene rings is 3. The van der Waals surface area contributed by atoms with Crippen molar-refractivity contribution in [1.29, 1.82) is 0 Å². The summed E-state index contributed by atoms with van der Waals surface area (Å²) in [5, 5.41) is 3.77. The summed E-state index contributed by atoms with van der Waals surface area (Å²) in [6, 6.07) is 23.9. The molecule has 1 saturated heterocycles. The largest absolute Gasteiger partial charge is 0.353 e. The van der Waals surface area contributed by atoms with Crippen molar-refractivity contribution in [2.24, 2.45) is 0 Å². The van der Waals surface area contributed by atoms with E-state index < -0.39 is 0 Å². The minimum absolute atomic E-state index is 0.0712. The number of carbonyl (C=O) groups is 1. The van der Waals surface area contributed by atoms with Crippen LogP contribution in [-0.4, -0.2) is 47.1 Å². The van der Waals surface area contributed by atoms with E-state index in [-0.39, 0.29) is 6.03 Å². The summed E-state index contributed by atoms with van der Waals surface area (Å²) >= 11 is 6.12. The molecule has 1 N–H and O–H groups in total. The monoisotopic (exact) mass is 525 g/mol. The van der Waals surface area contributed by atoms with Gasteiger partial charge in [-0.25, -0.2) is 14.8 Å². The summed E-state index contributed by atoms with van der Waals surface area (Å²) in [5.41, 5.74) is 7.39. The maximum Gasteiger partial charge on any atom is 0.321 e. The summed E-state index contributed by atoms with van der Waals surface area (Å²) < 4.78 is 0. The minimum atomic E-state index is -0.0712. The molecule has 0 spiro atoms. The fourth-order valence-corrected chi connectivity index (χ4v) is 4.84. The molecule has 38 heavy (non-hydrogen) atoms. The van der Waals surface area contributed by atoms with Crippen LogP contribution >= 0.6 is 11.6 Å². The van der Waals surface area contributed by atoms with Crippen LogP contribution in [0.15, 0.2) is 72.8 Å². The van der Waals surface area contributed by atoms with E-state index >= 15 is 0 Å². The number of halogens is 1. The molecule has 1 fully saturated rings. The molecule has 194 valence electrons. The second kappa shape index (κ2) is 11.2. The number of hydrogen-bond acceptors (Lipinski definition) is 4. The number of carbonyl (C=O) groups excluding carboxylic acids is 1. The molecule has 1 aromatic heterocycles. The molecule has 2 heterocycles. The summed E-state index contributed by atoms with van der Waals surface area (Å²) in [6.45, 7) is 8.78. The van der Waals surface area contributed by atoms with Gasteiger partial charge in [0.1, 0.15) is 5.82 Å². The molecule has 2 amide bonds. The van der Waals surface area contributed by atoms with Gasteiger partial charge in [0.05, 0.1) is 0 Å². The second-order valence-electron chi connectivity index (χ2n) is 9.81. The summed E-state index contributed by atoms with van der Waals surface area (Å²) in [7, 11) is 0. The number of amides is 2. The van der Waals surface area contributed by atoms with E-state index in [2.05, 4.69) is 31.0 Å².